The minimum atomic E-state index is -5.22. The van der Waals surface area contributed by atoms with E-state index in [1.807, 2.05) is 5.32 Å². The van der Waals surface area contributed by atoms with Crippen LogP contribution in [0.5, 0.6) is 0 Å². The first-order valence-electron chi connectivity index (χ1n) is 9.38. The maximum atomic E-state index is 12.9. The van der Waals surface area contributed by atoms with Crippen LogP contribution in [0.15, 0.2) is 23.1 Å². The van der Waals surface area contributed by atoms with Gasteiger partial charge in [0.1, 0.15) is 0 Å². The first-order chi connectivity index (χ1) is 14.7. The summed E-state index contributed by atoms with van der Waals surface area (Å²) in [7, 11) is -2.53. The third-order valence-corrected chi connectivity index (χ3v) is 7.14. The first kappa shape index (κ1) is 26.3. The van der Waals surface area contributed by atoms with Gasteiger partial charge in [-0.3, -0.25) is 9.59 Å². The van der Waals surface area contributed by atoms with Crippen LogP contribution in [0.2, 0.25) is 5.02 Å². The molecule has 1 atom stereocenters. The number of benzene rings is 1. The number of hydrogen-bond donors (Lipinski definition) is 2. The van der Waals surface area contributed by atoms with E-state index in [1.165, 1.54) is 12.0 Å². The number of nitrogens with zero attached hydrogens (tertiary/aromatic N) is 2. The molecule has 1 aromatic carbocycles. The number of carbonyl (C=O) groups is 2. The van der Waals surface area contributed by atoms with Crippen molar-refractivity contribution in [2.45, 2.75) is 30.0 Å². The maximum Gasteiger partial charge on any atom is 0.426 e. The summed E-state index contributed by atoms with van der Waals surface area (Å²) in [6, 6.07) is 3.10. The van der Waals surface area contributed by atoms with Crippen molar-refractivity contribution in [1.82, 2.24) is 9.21 Å². The third kappa shape index (κ3) is 5.70. The normalized spacial score (nSPS) is 17.7. The fourth-order valence-electron chi connectivity index (χ4n) is 2.80. The predicted octanol–water partition coefficient (Wildman–Crippen LogP) is 1.46. The van der Waals surface area contributed by atoms with E-state index >= 15 is 0 Å². The van der Waals surface area contributed by atoms with Crippen LogP contribution in [0.4, 0.5) is 18.9 Å². The van der Waals surface area contributed by atoms with Crippen molar-refractivity contribution in [3.8, 4) is 0 Å². The van der Waals surface area contributed by atoms with Gasteiger partial charge in [-0.05, 0) is 25.1 Å². The summed E-state index contributed by atoms with van der Waals surface area (Å²) in [5, 5.41) is 10.9. The highest BCUT2D eigenvalue weighted by molar-refractivity contribution is 7.89. The molecule has 2 N–H and O–H groups in total. The molecule has 1 aromatic rings. The molecule has 14 heteroatoms. The second kappa shape index (κ2) is 9.91. The van der Waals surface area contributed by atoms with Gasteiger partial charge in [-0.25, -0.2) is 8.42 Å². The van der Waals surface area contributed by atoms with Gasteiger partial charge in [-0.1, -0.05) is 11.6 Å². The van der Waals surface area contributed by atoms with Crippen LogP contribution in [-0.2, 0) is 24.3 Å². The average Bonchev–Trinajstić information content (AvgIpc) is 2.72. The zero-order valence-corrected chi connectivity index (χ0v) is 18.9. The quantitative estimate of drug-likeness (QED) is 0.584. The summed E-state index contributed by atoms with van der Waals surface area (Å²) >= 11 is 5.97. The largest absolute Gasteiger partial charge is 0.426 e. The monoisotopic (exact) mass is 501 g/mol. The lowest BCUT2D eigenvalue weighted by atomic mass is 10.1. The molecule has 1 heterocycles. The van der Waals surface area contributed by atoms with Crippen molar-refractivity contribution in [3.05, 3.63) is 23.2 Å². The van der Waals surface area contributed by atoms with Gasteiger partial charge in [0.25, 0.3) is 5.91 Å². The molecule has 2 rings (SSSR count). The van der Waals surface area contributed by atoms with Crippen molar-refractivity contribution in [1.29, 1.82) is 0 Å². The number of halogens is 4. The molecule has 0 saturated carbocycles. The van der Waals surface area contributed by atoms with E-state index in [0.29, 0.717) is 0 Å². The highest BCUT2D eigenvalue weighted by Crippen LogP contribution is 2.33. The molecule has 180 valence electrons. The lowest BCUT2D eigenvalue weighted by Crippen LogP contribution is -2.52. The van der Waals surface area contributed by atoms with Gasteiger partial charge in [-0.2, -0.15) is 17.5 Å². The molecule has 0 spiro atoms. The predicted molar refractivity (Wildman–Crippen MR) is 109 cm³/mol. The van der Waals surface area contributed by atoms with Gasteiger partial charge in [0.05, 0.1) is 28.6 Å². The number of nitrogens with one attached hydrogen (secondary N) is 1. The summed E-state index contributed by atoms with van der Waals surface area (Å²) in [5.41, 5.74) is -3.96. The fraction of sp³-hybridized carbons (Fsp3) is 0.556. The number of methoxy groups -OCH3 is 1. The zero-order valence-electron chi connectivity index (χ0n) is 17.3. The topological polar surface area (TPSA) is 116 Å². The molecule has 1 aliphatic rings. The van der Waals surface area contributed by atoms with Crippen LogP contribution in [-0.4, -0.2) is 86.2 Å². The Hall–Kier alpha value is -1.93. The Morgan fingerprint density at radius 2 is 1.81 bits per heavy atom. The third-order valence-electron chi connectivity index (χ3n) is 4.93. The second-order valence-corrected chi connectivity index (χ2v) is 9.54. The van der Waals surface area contributed by atoms with Crippen LogP contribution in [0.1, 0.15) is 13.3 Å². The van der Waals surface area contributed by atoms with Crippen molar-refractivity contribution in [3.63, 3.8) is 0 Å². The number of sulfonamides is 1. The second-order valence-electron chi connectivity index (χ2n) is 7.19. The van der Waals surface area contributed by atoms with Crippen LogP contribution in [0, 0.1) is 0 Å². The smallest absolute Gasteiger partial charge is 0.384 e. The Morgan fingerprint density at radius 3 is 2.31 bits per heavy atom. The number of ether oxygens (including phenoxy) is 1. The molecule has 1 aliphatic heterocycles. The molecule has 0 unspecified atom stereocenters. The molecule has 0 aromatic heterocycles. The van der Waals surface area contributed by atoms with Gasteiger partial charge in [0, 0.05) is 33.3 Å². The van der Waals surface area contributed by atoms with Crippen molar-refractivity contribution >= 4 is 39.1 Å². The molecule has 0 bridgehead atoms. The summed E-state index contributed by atoms with van der Waals surface area (Å²) in [6.07, 6.45) is -5.03. The van der Waals surface area contributed by atoms with Crippen LogP contribution in [0.3, 0.4) is 0 Å². The SMILES string of the molecule is COCCC(=O)N1CCN(S(=O)(=O)c2ccc(NC(=O)[C@@](C)(O)C(F)(F)F)c(Cl)c2)CC1. The van der Waals surface area contributed by atoms with E-state index in [0.717, 1.165) is 22.5 Å². The number of alkyl halides is 3. The van der Waals surface area contributed by atoms with E-state index < -0.39 is 27.7 Å². The van der Waals surface area contributed by atoms with Gasteiger partial charge < -0.3 is 20.1 Å². The Kier molecular flexibility index (Phi) is 8.15. The average molecular weight is 502 g/mol. The van der Waals surface area contributed by atoms with Crippen molar-refractivity contribution < 1.29 is 41.0 Å². The van der Waals surface area contributed by atoms with Gasteiger partial charge in [-0.15, -0.1) is 0 Å². The molecule has 1 fully saturated rings. The Balaban J connectivity index is 2.10. The van der Waals surface area contributed by atoms with E-state index in [-0.39, 0.29) is 67.6 Å². The van der Waals surface area contributed by atoms with E-state index in [4.69, 9.17) is 16.3 Å². The standard InChI is InChI=1S/C18H23ClF3N3O6S/c1-17(28,18(20,21)22)16(27)23-14-4-3-12(11-13(14)19)32(29,30)25-8-6-24(7-9-25)15(26)5-10-31-2/h3-4,11,28H,5-10H2,1-2H3,(H,23,27)/t17-/m1/s1. The van der Waals surface area contributed by atoms with Crippen molar-refractivity contribution in [2.24, 2.45) is 0 Å². The fourth-order valence-corrected chi connectivity index (χ4v) is 4.55. The van der Waals surface area contributed by atoms with Gasteiger partial charge in [0.15, 0.2) is 0 Å². The van der Waals surface area contributed by atoms with Crippen LogP contribution < -0.4 is 5.32 Å². The number of aliphatic hydroxyl groups is 1. The minimum absolute atomic E-state index is 0.0472. The number of amides is 2. The molecular weight excluding hydrogens is 479 g/mol. The highest BCUT2D eigenvalue weighted by Gasteiger charge is 2.55. The van der Waals surface area contributed by atoms with E-state index in [1.54, 1.807) is 0 Å². The van der Waals surface area contributed by atoms with Gasteiger partial charge >= 0.3 is 6.18 Å². The summed E-state index contributed by atoms with van der Waals surface area (Å²) in [4.78, 5) is 25.1. The zero-order chi connectivity index (χ0) is 24.3. The molecule has 1 saturated heterocycles. The lowest BCUT2D eigenvalue weighted by molar-refractivity contribution is -0.242. The molecule has 32 heavy (non-hydrogen) atoms. The van der Waals surface area contributed by atoms with E-state index in [2.05, 4.69) is 0 Å². The molecule has 0 aliphatic carbocycles. The number of piperazine rings is 1. The van der Waals surface area contributed by atoms with Crippen LogP contribution in [0.25, 0.3) is 0 Å². The molecule has 9 nitrogen and oxygen atoms in total. The highest BCUT2D eigenvalue weighted by atomic mass is 35.5. The minimum Gasteiger partial charge on any atom is -0.384 e. The van der Waals surface area contributed by atoms with Crippen LogP contribution >= 0.6 is 11.6 Å². The van der Waals surface area contributed by atoms with Crippen molar-refractivity contribution in [2.75, 3.05) is 45.2 Å². The maximum absolute atomic E-state index is 12.9. The molecule has 0 radical (unpaired) electrons. The Bertz CT molecular complexity index is 963. The number of rotatable bonds is 7. The summed E-state index contributed by atoms with van der Waals surface area (Å²) in [5.74, 6) is -1.92. The number of anilines is 1. The lowest BCUT2D eigenvalue weighted by Gasteiger charge is -2.34. The van der Waals surface area contributed by atoms with E-state index in [9.17, 15) is 36.3 Å². The molecule has 2 amide bonds. The first-order valence-corrected chi connectivity index (χ1v) is 11.2. The van der Waals surface area contributed by atoms with Gasteiger partial charge in [0.2, 0.25) is 21.5 Å². The Labute approximate surface area is 188 Å². The number of carbonyl (C=O) groups excluding carboxylic acids is 2. The molecular formula is C18H23ClF3N3O6S. The summed E-state index contributed by atoms with van der Waals surface area (Å²) in [6.45, 7) is 1.02. The number of hydrogen-bond acceptors (Lipinski definition) is 6. The Morgan fingerprint density at radius 1 is 1.22 bits per heavy atom. The summed E-state index contributed by atoms with van der Waals surface area (Å²) < 4.78 is 70.2.